The third-order valence-corrected chi connectivity index (χ3v) is 2.46. The highest BCUT2D eigenvalue weighted by Gasteiger charge is 2.17. The first-order valence-electron chi connectivity index (χ1n) is 5.63. The van der Waals surface area contributed by atoms with Gasteiger partial charge in [-0.2, -0.15) is 0 Å². The third-order valence-electron chi connectivity index (χ3n) is 2.46. The van der Waals surface area contributed by atoms with Crippen molar-refractivity contribution < 1.29 is 13.2 Å². The number of hydrogen-bond donors (Lipinski definition) is 1. The van der Waals surface area contributed by atoms with Crippen molar-refractivity contribution in [3.63, 3.8) is 0 Å². The largest absolute Gasteiger partial charge is 0.420 e. The molecule has 0 unspecified atom stereocenters. The number of hydrogen-bond acceptors (Lipinski definition) is 4. The van der Waals surface area contributed by atoms with Gasteiger partial charge in [-0.1, -0.05) is 6.07 Å². The summed E-state index contributed by atoms with van der Waals surface area (Å²) < 4.78 is 32.2. The first-order valence-corrected chi connectivity index (χ1v) is 5.63. The van der Waals surface area contributed by atoms with Gasteiger partial charge in [0.1, 0.15) is 17.2 Å². The Balaban J connectivity index is 2.19. The normalized spacial score (nSPS) is 10.8. The van der Waals surface area contributed by atoms with Crippen LogP contribution in [0, 0.1) is 11.6 Å². The lowest BCUT2D eigenvalue weighted by atomic mass is 10.2. The number of rotatable bonds is 5. The zero-order valence-corrected chi connectivity index (χ0v) is 9.91. The molecule has 1 aromatic carbocycles. The van der Waals surface area contributed by atoms with Crippen LogP contribution in [0.15, 0.2) is 22.6 Å². The monoisotopic (exact) mass is 253 g/mol. The van der Waals surface area contributed by atoms with E-state index < -0.39 is 11.6 Å². The van der Waals surface area contributed by atoms with Crippen molar-refractivity contribution >= 4 is 0 Å². The molecular formula is C12H13F2N3O. The highest BCUT2D eigenvalue weighted by Crippen LogP contribution is 2.24. The summed E-state index contributed by atoms with van der Waals surface area (Å²) in [5.41, 5.74) is -0.273. The molecule has 0 aliphatic rings. The van der Waals surface area contributed by atoms with E-state index in [0.29, 0.717) is 12.3 Å². The number of benzene rings is 1. The van der Waals surface area contributed by atoms with Gasteiger partial charge in [-0.3, -0.25) is 0 Å². The first kappa shape index (κ1) is 12.6. The van der Waals surface area contributed by atoms with Crippen molar-refractivity contribution in [2.45, 2.75) is 12.8 Å². The number of nitrogens with one attached hydrogen (secondary N) is 1. The van der Waals surface area contributed by atoms with E-state index in [-0.39, 0.29) is 11.5 Å². The Labute approximate surface area is 103 Å². The van der Waals surface area contributed by atoms with Crippen LogP contribution in [-0.2, 0) is 6.42 Å². The average molecular weight is 253 g/mol. The molecule has 0 amide bonds. The van der Waals surface area contributed by atoms with Crippen LogP contribution in [0.1, 0.15) is 12.3 Å². The highest BCUT2D eigenvalue weighted by atomic mass is 19.1. The van der Waals surface area contributed by atoms with Crippen molar-refractivity contribution in [2.24, 2.45) is 0 Å². The number of halogens is 2. The smallest absolute Gasteiger partial charge is 0.253 e. The van der Waals surface area contributed by atoms with E-state index in [1.165, 1.54) is 6.07 Å². The highest BCUT2D eigenvalue weighted by molar-refractivity contribution is 5.54. The van der Waals surface area contributed by atoms with Gasteiger partial charge < -0.3 is 9.73 Å². The average Bonchev–Trinajstić information content (AvgIpc) is 2.78. The van der Waals surface area contributed by atoms with E-state index in [4.69, 9.17) is 4.42 Å². The van der Waals surface area contributed by atoms with Crippen LogP contribution in [0.4, 0.5) is 8.78 Å². The maximum atomic E-state index is 13.5. The van der Waals surface area contributed by atoms with Crippen molar-refractivity contribution in [1.29, 1.82) is 0 Å². The molecule has 2 aromatic rings. The van der Waals surface area contributed by atoms with Crippen molar-refractivity contribution in [3.8, 4) is 11.5 Å². The predicted molar refractivity (Wildman–Crippen MR) is 61.9 cm³/mol. The quantitative estimate of drug-likeness (QED) is 0.830. The van der Waals surface area contributed by atoms with E-state index >= 15 is 0 Å². The molecule has 1 aromatic heterocycles. The van der Waals surface area contributed by atoms with Gasteiger partial charge in [0, 0.05) is 6.42 Å². The van der Waals surface area contributed by atoms with Crippen molar-refractivity contribution in [1.82, 2.24) is 15.5 Å². The molecule has 0 atom stereocenters. The van der Waals surface area contributed by atoms with Crippen LogP contribution in [0.25, 0.3) is 11.5 Å². The third kappa shape index (κ3) is 2.70. The van der Waals surface area contributed by atoms with Gasteiger partial charge in [0.2, 0.25) is 5.89 Å². The van der Waals surface area contributed by atoms with Gasteiger partial charge in [0.25, 0.3) is 5.89 Å². The molecular weight excluding hydrogens is 240 g/mol. The summed E-state index contributed by atoms with van der Waals surface area (Å²) in [6.45, 7) is 0.811. The topological polar surface area (TPSA) is 51.0 Å². The Morgan fingerprint density at radius 2 is 1.94 bits per heavy atom. The number of nitrogens with zero attached hydrogens (tertiary/aromatic N) is 2. The molecule has 0 saturated carbocycles. The van der Waals surface area contributed by atoms with Crippen LogP contribution in [0.5, 0.6) is 0 Å². The summed E-state index contributed by atoms with van der Waals surface area (Å²) in [4.78, 5) is 0. The van der Waals surface area contributed by atoms with Gasteiger partial charge in [-0.25, -0.2) is 8.78 Å². The van der Waals surface area contributed by atoms with Gasteiger partial charge >= 0.3 is 0 Å². The zero-order valence-electron chi connectivity index (χ0n) is 9.91. The fourth-order valence-corrected chi connectivity index (χ4v) is 1.57. The molecule has 96 valence electrons. The molecule has 1 heterocycles. The van der Waals surface area contributed by atoms with Gasteiger partial charge in [0.15, 0.2) is 0 Å². The molecule has 0 bridgehead atoms. The van der Waals surface area contributed by atoms with E-state index in [1.54, 1.807) is 0 Å². The SMILES string of the molecule is CNCCCc1nnc(-c2c(F)cccc2F)o1. The lowest BCUT2D eigenvalue weighted by molar-refractivity contribution is 0.486. The lowest BCUT2D eigenvalue weighted by Gasteiger charge is -1.98. The van der Waals surface area contributed by atoms with Crippen LogP contribution < -0.4 is 5.32 Å². The minimum Gasteiger partial charge on any atom is -0.420 e. The number of aryl methyl sites for hydroxylation is 1. The molecule has 4 nitrogen and oxygen atoms in total. The molecule has 1 N–H and O–H groups in total. The summed E-state index contributed by atoms with van der Waals surface area (Å²) in [7, 11) is 1.84. The minimum absolute atomic E-state index is 0.120. The molecule has 0 aliphatic carbocycles. The first-order chi connectivity index (χ1) is 8.72. The summed E-state index contributed by atoms with van der Waals surface area (Å²) in [5, 5.41) is 10.4. The van der Waals surface area contributed by atoms with E-state index in [1.807, 2.05) is 7.05 Å². The van der Waals surface area contributed by atoms with E-state index in [2.05, 4.69) is 15.5 Å². The standard InChI is InChI=1S/C12H13F2N3O/c1-15-7-3-6-10-16-17-12(18-10)11-8(13)4-2-5-9(11)14/h2,4-5,15H,3,6-7H2,1H3. The van der Waals surface area contributed by atoms with Gasteiger partial charge in [-0.05, 0) is 32.1 Å². The molecule has 0 aliphatic heterocycles. The zero-order chi connectivity index (χ0) is 13.0. The Morgan fingerprint density at radius 1 is 1.22 bits per heavy atom. The van der Waals surface area contributed by atoms with E-state index in [0.717, 1.165) is 25.1 Å². The number of aromatic nitrogens is 2. The van der Waals surface area contributed by atoms with E-state index in [9.17, 15) is 8.78 Å². The Bertz CT molecular complexity index is 508. The summed E-state index contributed by atoms with van der Waals surface area (Å²) in [6, 6.07) is 3.60. The Hall–Kier alpha value is -1.82. The molecule has 2 rings (SSSR count). The van der Waals surface area contributed by atoms with Crippen LogP contribution in [-0.4, -0.2) is 23.8 Å². The van der Waals surface area contributed by atoms with Crippen LogP contribution in [0.3, 0.4) is 0 Å². The molecule has 0 radical (unpaired) electrons. The summed E-state index contributed by atoms with van der Waals surface area (Å²) >= 11 is 0. The van der Waals surface area contributed by atoms with Crippen molar-refractivity contribution in [3.05, 3.63) is 35.7 Å². The minimum atomic E-state index is -0.708. The maximum absolute atomic E-state index is 13.5. The Kier molecular flexibility index (Phi) is 3.99. The summed E-state index contributed by atoms with van der Waals surface area (Å²) in [6.07, 6.45) is 1.39. The van der Waals surface area contributed by atoms with Crippen LogP contribution >= 0.6 is 0 Å². The fourth-order valence-electron chi connectivity index (χ4n) is 1.57. The fraction of sp³-hybridized carbons (Fsp3) is 0.333. The molecule has 18 heavy (non-hydrogen) atoms. The van der Waals surface area contributed by atoms with Gasteiger partial charge in [0.05, 0.1) is 0 Å². The van der Waals surface area contributed by atoms with Crippen LogP contribution in [0.2, 0.25) is 0 Å². The second-order valence-electron chi connectivity index (χ2n) is 3.80. The molecule has 0 fully saturated rings. The molecule has 0 spiro atoms. The molecule has 0 saturated heterocycles. The summed E-state index contributed by atoms with van der Waals surface area (Å²) in [5.74, 6) is -1.16. The second-order valence-corrected chi connectivity index (χ2v) is 3.80. The van der Waals surface area contributed by atoms with Crippen molar-refractivity contribution in [2.75, 3.05) is 13.6 Å². The van der Waals surface area contributed by atoms with Gasteiger partial charge in [-0.15, -0.1) is 10.2 Å². The predicted octanol–water partition coefficient (Wildman–Crippen LogP) is 2.17. The maximum Gasteiger partial charge on any atom is 0.253 e. The second kappa shape index (κ2) is 5.68. The Morgan fingerprint density at radius 3 is 2.61 bits per heavy atom. The lowest BCUT2D eigenvalue weighted by Crippen LogP contribution is -2.08. The molecule has 6 heteroatoms.